The highest BCUT2D eigenvalue weighted by Crippen LogP contribution is 2.26. The number of aryl methyl sites for hydroxylation is 1. The molecule has 2 aromatic rings. The van der Waals surface area contributed by atoms with Gasteiger partial charge in [0.1, 0.15) is 17.3 Å². The molecule has 0 unspecified atom stereocenters. The molecule has 1 aliphatic rings. The summed E-state index contributed by atoms with van der Waals surface area (Å²) >= 11 is 0. The molecule has 1 atom stereocenters. The van der Waals surface area contributed by atoms with Gasteiger partial charge in [-0.15, -0.1) is 0 Å². The van der Waals surface area contributed by atoms with E-state index >= 15 is 0 Å². The molecule has 0 aliphatic carbocycles. The molecule has 0 amide bonds. The van der Waals surface area contributed by atoms with Crippen LogP contribution in [-0.2, 0) is 20.0 Å². The first-order chi connectivity index (χ1) is 11.7. The second kappa shape index (κ2) is 7.71. The molecule has 2 heterocycles. The van der Waals surface area contributed by atoms with Crippen molar-refractivity contribution in [3.05, 3.63) is 42.0 Å². The SMILES string of the molecule is COc1cc(CN2CCC[C@H](Cc3nccn3C)C2)cc(OC)c1. The molecule has 1 saturated heterocycles. The number of benzene rings is 1. The second-order valence-electron chi connectivity index (χ2n) is 6.62. The maximum atomic E-state index is 5.38. The van der Waals surface area contributed by atoms with Crippen LogP contribution in [0.4, 0.5) is 0 Å². The summed E-state index contributed by atoms with van der Waals surface area (Å²) in [7, 11) is 5.47. The lowest BCUT2D eigenvalue weighted by atomic mass is 9.94. The van der Waals surface area contributed by atoms with Crippen molar-refractivity contribution in [3.8, 4) is 11.5 Å². The van der Waals surface area contributed by atoms with E-state index in [0.717, 1.165) is 37.6 Å². The lowest BCUT2D eigenvalue weighted by molar-refractivity contribution is 0.165. The molecule has 3 rings (SSSR count). The molecule has 1 aromatic carbocycles. The minimum atomic E-state index is 0.673. The Kier molecular flexibility index (Phi) is 5.41. The molecule has 5 nitrogen and oxygen atoms in total. The van der Waals surface area contributed by atoms with Crippen molar-refractivity contribution in [2.45, 2.75) is 25.8 Å². The van der Waals surface area contributed by atoms with Gasteiger partial charge >= 0.3 is 0 Å². The van der Waals surface area contributed by atoms with E-state index in [0.29, 0.717) is 5.92 Å². The Bertz CT molecular complexity index is 646. The molecule has 24 heavy (non-hydrogen) atoms. The van der Waals surface area contributed by atoms with E-state index in [1.165, 1.54) is 24.2 Å². The summed E-state index contributed by atoms with van der Waals surface area (Å²) in [5.74, 6) is 3.56. The van der Waals surface area contributed by atoms with Crippen molar-refractivity contribution in [2.24, 2.45) is 13.0 Å². The van der Waals surface area contributed by atoms with Crippen LogP contribution >= 0.6 is 0 Å². The van der Waals surface area contributed by atoms with Crippen molar-refractivity contribution < 1.29 is 9.47 Å². The van der Waals surface area contributed by atoms with Crippen molar-refractivity contribution in [1.82, 2.24) is 14.5 Å². The Morgan fingerprint density at radius 1 is 1.17 bits per heavy atom. The molecule has 0 saturated carbocycles. The monoisotopic (exact) mass is 329 g/mol. The average Bonchev–Trinajstić information content (AvgIpc) is 2.99. The number of imidazole rings is 1. The quantitative estimate of drug-likeness (QED) is 0.817. The minimum Gasteiger partial charge on any atom is -0.497 e. The Balaban J connectivity index is 1.64. The van der Waals surface area contributed by atoms with Gasteiger partial charge in [0.05, 0.1) is 14.2 Å². The zero-order valence-electron chi connectivity index (χ0n) is 14.9. The average molecular weight is 329 g/mol. The maximum Gasteiger partial charge on any atom is 0.122 e. The van der Waals surface area contributed by atoms with Crippen LogP contribution in [0.1, 0.15) is 24.2 Å². The van der Waals surface area contributed by atoms with E-state index in [9.17, 15) is 0 Å². The van der Waals surface area contributed by atoms with Crippen LogP contribution in [0.3, 0.4) is 0 Å². The Morgan fingerprint density at radius 3 is 2.54 bits per heavy atom. The fourth-order valence-corrected chi connectivity index (χ4v) is 3.53. The predicted molar refractivity (Wildman–Crippen MR) is 94.5 cm³/mol. The van der Waals surface area contributed by atoms with Gasteiger partial charge in [-0.05, 0) is 43.0 Å². The zero-order valence-corrected chi connectivity index (χ0v) is 14.9. The number of ether oxygens (including phenoxy) is 2. The summed E-state index contributed by atoms with van der Waals surface area (Å²) < 4.78 is 12.9. The van der Waals surface area contributed by atoms with Crippen LogP contribution in [0.5, 0.6) is 11.5 Å². The van der Waals surface area contributed by atoms with Gasteiger partial charge in [-0.1, -0.05) is 0 Å². The number of methoxy groups -OCH3 is 2. The summed E-state index contributed by atoms with van der Waals surface area (Å²) in [5, 5.41) is 0. The molecular formula is C19H27N3O2. The summed E-state index contributed by atoms with van der Waals surface area (Å²) in [5.41, 5.74) is 1.24. The van der Waals surface area contributed by atoms with Crippen molar-refractivity contribution in [1.29, 1.82) is 0 Å². The van der Waals surface area contributed by atoms with Crippen LogP contribution < -0.4 is 9.47 Å². The van der Waals surface area contributed by atoms with Gasteiger partial charge in [-0.3, -0.25) is 4.90 Å². The lowest BCUT2D eigenvalue weighted by Gasteiger charge is -2.32. The normalized spacial score (nSPS) is 18.5. The Labute approximate surface area is 144 Å². The maximum absolute atomic E-state index is 5.38. The van der Waals surface area contributed by atoms with Crippen molar-refractivity contribution in [3.63, 3.8) is 0 Å². The van der Waals surface area contributed by atoms with E-state index in [2.05, 4.69) is 33.6 Å². The number of likely N-dealkylation sites (tertiary alicyclic amines) is 1. The number of rotatable bonds is 6. The van der Waals surface area contributed by atoms with E-state index in [1.54, 1.807) is 14.2 Å². The Morgan fingerprint density at radius 2 is 1.92 bits per heavy atom. The fraction of sp³-hybridized carbons (Fsp3) is 0.526. The smallest absolute Gasteiger partial charge is 0.122 e. The van der Waals surface area contributed by atoms with E-state index in [4.69, 9.17) is 9.47 Å². The van der Waals surface area contributed by atoms with Crippen LogP contribution in [0.25, 0.3) is 0 Å². The molecule has 1 aliphatic heterocycles. The van der Waals surface area contributed by atoms with E-state index < -0.39 is 0 Å². The number of piperidine rings is 1. The minimum absolute atomic E-state index is 0.673. The molecular weight excluding hydrogens is 302 g/mol. The van der Waals surface area contributed by atoms with Gasteiger partial charge in [0.2, 0.25) is 0 Å². The van der Waals surface area contributed by atoms with Gasteiger partial charge in [0.25, 0.3) is 0 Å². The summed E-state index contributed by atoms with van der Waals surface area (Å²) in [4.78, 5) is 7.01. The third-order valence-electron chi connectivity index (χ3n) is 4.81. The van der Waals surface area contributed by atoms with Gasteiger partial charge in [0, 0.05) is 45.0 Å². The fourth-order valence-electron chi connectivity index (χ4n) is 3.53. The number of hydrogen-bond acceptors (Lipinski definition) is 4. The summed E-state index contributed by atoms with van der Waals surface area (Å²) in [6, 6.07) is 6.12. The topological polar surface area (TPSA) is 39.5 Å². The molecule has 130 valence electrons. The largest absolute Gasteiger partial charge is 0.497 e. The van der Waals surface area contributed by atoms with Gasteiger partial charge in [-0.2, -0.15) is 0 Å². The van der Waals surface area contributed by atoms with Crippen molar-refractivity contribution in [2.75, 3.05) is 27.3 Å². The molecule has 1 aromatic heterocycles. The third-order valence-corrected chi connectivity index (χ3v) is 4.81. The lowest BCUT2D eigenvalue weighted by Crippen LogP contribution is -2.36. The molecule has 0 N–H and O–H groups in total. The standard InChI is InChI=1S/C19H27N3O2/c1-21-8-6-20-19(21)11-15-5-4-7-22(13-15)14-16-9-17(23-2)12-18(10-16)24-3/h6,8-10,12,15H,4-5,7,11,13-14H2,1-3H3/t15-/m1/s1. The van der Waals surface area contributed by atoms with Crippen LogP contribution in [-0.4, -0.2) is 41.8 Å². The number of hydrogen-bond donors (Lipinski definition) is 0. The second-order valence-corrected chi connectivity index (χ2v) is 6.62. The summed E-state index contributed by atoms with van der Waals surface area (Å²) in [6.45, 7) is 3.20. The highest BCUT2D eigenvalue weighted by molar-refractivity contribution is 5.38. The molecule has 0 bridgehead atoms. The van der Waals surface area contributed by atoms with Crippen LogP contribution in [0.2, 0.25) is 0 Å². The Hall–Kier alpha value is -2.01. The first-order valence-corrected chi connectivity index (χ1v) is 8.58. The van der Waals surface area contributed by atoms with Crippen molar-refractivity contribution >= 4 is 0 Å². The number of nitrogens with zero attached hydrogens (tertiary/aromatic N) is 3. The number of aromatic nitrogens is 2. The first kappa shape index (κ1) is 16.8. The third kappa shape index (κ3) is 4.09. The highest BCUT2D eigenvalue weighted by atomic mass is 16.5. The molecule has 0 radical (unpaired) electrons. The molecule has 1 fully saturated rings. The van der Waals surface area contributed by atoms with Crippen LogP contribution in [0, 0.1) is 5.92 Å². The van der Waals surface area contributed by atoms with E-state index in [-0.39, 0.29) is 0 Å². The van der Waals surface area contributed by atoms with Gasteiger partial charge in [0.15, 0.2) is 0 Å². The van der Waals surface area contributed by atoms with Gasteiger partial charge in [-0.25, -0.2) is 4.98 Å². The molecule has 0 spiro atoms. The zero-order chi connectivity index (χ0) is 16.9. The van der Waals surface area contributed by atoms with Gasteiger partial charge < -0.3 is 14.0 Å². The summed E-state index contributed by atoms with van der Waals surface area (Å²) in [6.07, 6.45) is 7.50. The molecule has 5 heteroatoms. The van der Waals surface area contributed by atoms with Crippen LogP contribution in [0.15, 0.2) is 30.6 Å². The van der Waals surface area contributed by atoms with E-state index in [1.807, 2.05) is 18.5 Å². The predicted octanol–water partition coefficient (Wildman–Crippen LogP) is 2.89. The highest BCUT2D eigenvalue weighted by Gasteiger charge is 2.21. The first-order valence-electron chi connectivity index (χ1n) is 8.58.